The van der Waals surface area contributed by atoms with Crippen LogP contribution in [0.15, 0.2) is 42.9 Å². The van der Waals surface area contributed by atoms with Crippen LogP contribution in [-0.2, 0) is 6.54 Å². The first-order valence-corrected chi connectivity index (χ1v) is 6.94. The topological polar surface area (TPSA) is 74.5 Å². The van der Waals surface area contributed by atoms with Crippen molar-refractivity contribution in [3.63, 3.8) is 0 Å². The van der Waals surface area contributed by atoms with Crippen LogP contribution in [0, 0.1) is 5.92 Å². The molecule has 2 N–H and O–H groups in total. The fourth-order valence-electron chi connectivity index (χ4n) is 2.30. The van der Waals surface area contributed by atoms with Crippen LogP contribution in [0.25, 0.3) is 17.1 Å². The molecule has 108 valence electrons. The van der Waals surface area contributed by atoms with E-state index in [1.54, 1.807) is 17.2 Å². The van der Waals surface area contributed by atoms with Crippen molar-refractivity contribution in [3.8, 4) is 17.1 Å². The number of nitrogens with two attached hydrogens (primary N) is 1. The van der Waals surface area contributed by atoms with Crippen molar-refractivity contribution in [2.75, 3.05) is 5.73 Å². The third kappa shape index (κ3) is 2.52. The molecular weight excluding hydrogens is 264 g/mol. The Balaban J connectivity index is 2.02. The summed E-state index contributed by atoms with van der Waals surface area (Å²) in [4.78, 5) is 0. The van der Waals surface area contributed by atoms with Crippen LogP contribution >= 0.6 is 0 Å². The minimum absolute atomic E-state index is 0.505. The van der Waals surface area contributed by atoms with Gasteiger partial charge >= 0.3 is 0 Å². The Kier molecular flexibility index (Phi) is 3.43. The van der Waals surface area contributed by atoms with E-state index in [9.17, 15) is 0 Å². The highest BCUT2D eigenvalue weighted by Crippen LogP contribution is 2.26. The van der Waals surface area contributed by atoms with Crippen molar-refractivity contribution in [3.05, 3.63) is 42.9 Å². The quantitative estimate of drug-likeness (QED) is 0.797. The van der Waals surface area contributed by atoms with Crippen molar-refractivity contribution in [1.82, 2.24) is 24.5 Å². The van der Waals surface area contributed by atoms with E-state index in [4.69, 9.17) is 5.73 Å². The largest absolute Gasteiger partial charge is 0.383 e. The van der Waals surface area contributed by atoms with Gasteiger partial charge in [0.05, 0.1) is 17.4 Å². The van der Waals surface area contributed by atoms with Crippen LogP contribution < -0.4 is 5.73 Å². The minimum Gasteiger partial charge on any atom is -0.383 e. The summed E-state index contributed by atoms with van der Waals surface area (Å²) in [6.45, 7) is 5.15. The highest BCUT2D eigenvalue weighted by Gasteiger charge is 2.16. The van der Waals surface area contributed by atoms with Gasteiger partial charge in [0.25, 0.3) is 0 Å². The fourth-order valence-corrected chi connectivity index (χ4v) is 2.30. The van der Waals surface area contributed by atoms with Crippen LogP contribution in [0.4, 0.5) is 5.82 Å². The fraction of sp³-hybridized carbons (Fsp3) is 0.267. The summed E-state index contributed by atoms with van der Waals surface area (Å²) in [7, 11) is 0. The molecule has 0 aliphatic carbocycles. The molecule has 0 bridgehead atoms. The molecule has 0 aliphatic heterocycles. The standard InChI is InChI=1S/C15H18N6/c1-11(2)9-20-10-17-19-15(20)13-8-18-21(14(13)16)12-6-4-3-5-7-12/h3-8,10-11H,9,16H2,1-2H3. The van der Waals surface area contributed by atoms with E-state index in [2.05, 4.69) is 29.1 Å². The zero-order valence-electron chi connectivity index (χ0n) is 12.1. The van der Waals surface area contributed by atoms with E-state index < -0.39 is 0 Å². The molecule has 2 heterocycles. The third-order valence-corrected chi connectivity index (χ3v) is 3.23. The Labute approximate surface area is 123 Å². The molecule has 3 rings (SSSR count). The van der Waals surface area contributed by atoms with Gasteiger partial charge in [0.15, 0.2) is 5.82 Å². The average molecular weight is 282 g/mol. The lowest BCUT2D eigenvalue weighted by Gasteiger charge is -2.09. The Morgan fingerprint density at radius 3 is 2.67 bits per heavy atom. The molecule has 3 aromatic rings. The Morgan fingerprint density at radius 1 is 1.19 bits per heavy atom. The minimum atomic E-state index is 0.505. The molecule has 0 unspecified atom stereocenters. The van der Waals surface area contributed by atoms with Crippen molar-refractivity contribution in [2.45, 2.75) is 20.4 Å². The Hall–Kier alpha value is -2.63. The second-order valence-electron chi connectivity index (χ2n) is 5.39. The van der Waals surface area contributed by atoms with Gasteiger partial charge in [-0.3, -0.25) is 0 Å². The smallest absolute Gasteiger partial charge is 0.169 e. The van der Waals surface area contributed by atoms with Gasteiger partial charge < -0.3 is 10.3 Å². The second-order valence-corrected chi connectivity index (χ2v) is 5.39. The maximum atomic E-state index is 6.25. The number of hydrogen-bond donors (Lipinski definition) is 1. The van der Waals surface area contributed by atoms with Crippen molar-refractivity contribution in [2.24, 2.45) is 5.92 Å². The highest BCUT2D eigenvalue weighted by molar-refractivity contribution is 5.69. The maximum Gasteiger partial charge on any atom is 0.169 e. The van der Waals surface area contributed by atoms with Crippen LogP contribution in [0.3, 0.4) is 0 Å². The lowest BCUT2D eigenvalue weighted by Crippen LogP contribution is -2.06. The molecular formula is C15H18N6. The molecule has 0 atom stereocenters. The number of nitrogens with zero attached hydrogens (tertiary/aromatic N) is 5. The van der Waals surface area contributed by atoms with Crippen LogP contribution in [0.2, 0.25) is 0 Å². The van der Waals surface area contributed by atoms with Gasteiger partial charge in [0, 0.05) is 6.54 Å². The summed E-state index contributed by atoms with van der Waals surface area (Å²) in [5, 5.41) is 12.6. The zero-order chi connectivity index (χ0) is 14.8. The molecule has 6 heteroatoms. The van der Waals surface area contributed by atoms with E-state index in [-0.39, 0.29) is 0 Å². The third-order valence-electron chi connectivity index (χ3n) is 3.23. The van der Waals surface area contributed by atoms with E-state index >= 15 is 0 Å². The van der Waals surface area contributed by atoms with Gasteiger partial charge in [-0.05, 0) is 18.1 Å². The second kappa shape index (κ2) is 5.40. The van der Waals surface area contributed by atoms with Crippen LogP contribution in [0.1, 0.15) is 13.8 Å². The number of aromatic nitrogens is 5. The first kappa shape index (κ1) is 13.4. The average Bonchev–Trinajstić information content (AvgIpc) is 3.05. The predicted octanol–water partition coefficient (Wildman–Crippen LogP) is 2.37. The normalized spacial score (nSPS) is 11.2. The Bertz CT molecular complexity index is 726. The number of para-hydroxylation sites is 1. The molecule has 21 heavy (non-hydrogen) atoms. The van der Waals surface area contributed by atoms with E-state index in [1.807, 2.05) is 34.9 Å². The van der Waals surface area contributed by atoms with Crippen molar-refractivity contribution < 1.29 is 0 Å². The summed E-state index contributed by atoms with van der Waals surface area (Å²) in [5.74, 6) is 1.83. The lowest BCUT2D eigenvalue weighted by atomic mass is 10.2. The van der Waals surface area contributed by atoms with Crippen LogP contribution in [0.5, 0.6) is 0 Å². The van der Waals surface area contributed by atoms with Gasteiger partial charge in [-0.15, -0.1) is 10.2 Å². The zero-order valence-corrected chi connectivity index (χ0v) is 12.1. The molecule has 0 radical (unpaired) electrons. The van der Waals surface area contributed by atoms with Gasteiger partial charge in [0.2, 0.25) is 0 Å². The molecule has 2 aromatic heterocycles. The molecule has 0 fully saturated rings. The first-order chi connectivity index (χ1) is 10.2. The lowest BCUT2D eigenvalue weighted by molar-refractivity contribution is 0.525. The monoisotopic (exact) mass is 282 g/mol. The maximum absolute atomic E-state index is 6.25. The molecule has 0 spiro atoms. The molecule has 0 aliphatic rings. The summed E-state index contributed by atoms with van der Waals surface area (Å²) >= 11 is 0. The van der Waals surface area contributed by atoms with Gasteiger partial charge in [-0.1, -0.05) is 32.0 Å². The van der Waals surface area contributed by atoms with Crippen molar-refractivity contribution in [1.29, 1.82) is 0 Å². The predicted molar refractivity (Wildman–Crippen MR) is 81.8 cm³/mol. The number of anilines is 1. The molecule has 1 aromatic carbocycles. The Morgan fingerprint density at radius 2 is 1.95 bits per heavy atom. The molecule has 0 amide bonds. The molecule has 0 saturated heterocycles. The summed E-state index contributed by atoms with van der Waals surface area (Å²) in [6.07, 6.45) is 3.47. The van der Waals surface area contributed by atoms with E-state index in [0.717, 1.165) is 23.6 Å². The van der Waals surface area contributed by atoms with Gasteiger partial charge in [0.1, 0.15) is 12.1 Å². The van der Waals surface area contributed by atoms with E-state index in [1.165, 1.54) is 0 Å². The number of rotatable bonds is 4. The first-order valence-electron chi connectivity index (χ1n) is 6.94. The molecule has 6 nitrogen and oxygen atoms in total. The summed E-state index contributed by atoms with van der Waals surface area (Å²) in [6, 6.07) is 9.80. The van der Waals surface area contributed by atoms with Gasteiger partial charge in [-0.2, -0.15) is 5.10 Å². The highest BCUT2D eigenvalue weighted by atomic mass is 15.3. The van der Waals surface area contributed by atoms with E-state index in [0.29, 0.717) is 11.7 Å². The van der Waals surface area contributed by atoms with Crippen LogP contribution in [-0.4, -0.2) is 24.5 Å². The number of hydrogen-bond acceptors (Lipinski definition) is 4. The number of benzene rings is 1. The molecule has 0 saturated carbocycles. The van der Waals surface area contributed by atoms with Gasteiger partial charge in [-0.25, -0.2) is 4.68 Å². The number of nitrogen functional groups attached to an aromatic ring is 1. The summed E-state index contributed by atoms with van der Waals surface area (Å²) < 4.78 is 3.72. The summed E-state index contributed by atoms with van der Waals surface area (Å²) in [5.41, 5.74) is 7.98. The SMILES string of the molecule is CC(C)Cn1cnnc1-c1cnn(-c2ccccc2)c1N. The van der Waals surface area contributed by atoms with Crippen molar-refractivity contribution >= 4 is 5.82 Å².